The van der Waals surface area contributed by atoms with Crippen molar-refractivity contribution < 1.29 is 13.2 Å². The van der Waals surface area contributed by atoms with Crippen molar-refractivity contribution in [1.29, 1.82) is 5.41 Å². The SMILES string of the molecule is CCC(C)CSc1ccc(C(=N)N)c(C(F)(F)F)c1. The van der Waals surface area contributed by atoms with Gasteiger partial charge in [0.15, 0.2) is 0 Å². The topological polar surface area (TPSA) is 49.9 Å². The molecule has 6 heteroatoms. The standard InChI is InChI=1S/C13H17F3N2S/c1-3-8(2)7-19-9-4-5-10(12(17)18)11(6-9)13(14,15)16/h4-6,8H,3,7H2,1-2H3,(H3,17,18). The van der Waals surface area contributed by atoms with Crippen LogP contribution >= 0.6 is 11.8 Å². The number of nitrogens with two attached hydrogens (primary N) is 1. The van der Waals surface area contributed by atoms with E-state index in [1.54, 1.807) is 6.07 Å². The van der Waals surface area contributed by atoms with Gasteiger partial charge in [0.1, 0.15) is 5.84 Å². The van der Waals surface area contributed by atoms with Crippen LogP contribution in [0.5, 0.6) is 0 Å². The van der Waals surface area contributed by atoms with Gasteiger partial charge < -0.3 is 5.73 Å². The quantitative estimate of drug-likeness (QED) is 0.486. The summed E-state index contributed by atoms with van der Waals surface area (Å²) >= 11 is 1.39. The molecule has 0 heterocycles. The predicted molar refractivity (Wildman–Crippen MR) is 72.6 cm³/mol. The van der Waals surface area contributed by atoms with Gasteiger partial charge in [-0.3, -0.25) is 5.41 Å². The predicted octanol–water partition coefficient (Wildman–Crippen LogP) is 4.13. The van der Waals surface area contributed by atoms with Gasteiger partial charge in [0.25, 0.3) is 0 Å². The van der Waals surface area contributed by atoms with Gasteiger partial charge in [0.05, 0.1) is 5.56 Å². The molecule has 1 unspecified atom stereocenters. The average molecular weight is 290 g/mol. The molecule has 2 nitrogen and oxygen atoms in total. The molecule has 1 aromatic rings. The molecule has 19 heavy (non-hydrogen) atoms. The van der Waals surface area contributed by atoms with Gasteiger partial charge in [-0.2, -0.15) is 13.2 Å². The summed E-state index contributed by atoms with van der Waals surface area (Å²) in [7, 11) is 0. The normalized spacial score (nSPS) is 13.3. The summed E-state index contributed by atoms with van der Waals surface area (Å²) in [5.41, 5.74) is 4.08. The molecule has 0 spiro atoms. The Morgan fingerprint density at radius 3 is 2.53 bits per heavy atom. The van der Waals surface area contributed by atoms with Gasteiger partial charge in [-0.25, -0.2) is 0 Å². The lowest BCUT2D eigenvalue weighted by Crippen LogP contribution is -2.18. The van der Waals surface area contributed by atoms with Crippen molar-refractivity contribution in [3.05, 3.63) is 29.3 Å². The van der Waals surface area contributed by atoms with E-state index in [2.05, 4.69) is 6.92 Å². The Morgan fingerprint density at radius 2 is 2.05 bits per heavy atom. The van der Waals surface area contributed by atoms with Crippen LogP contribution in [0.3, 0.4) is 0 Å². The first-order valence-corrected chi connectivity index (χ1v) is 6.92. The highest BCUT2D eigenvalue weighted by Gasteiger charge is 2.34. The molecule has 0 saturated heterocycles. The zero-order valence-corrected chi connectivity index (χ0v) is 11.7. The molecule has 0 bridgehead atoms. The molecule has 1 aromatic carbocycles. The second-order valence-electron chi connectivity index (χ2n) is 4.44. The Hall–Kier alpha value is -1.17. The highest BCUT2D eigenvalue weighted by atomic mass is 32.2. The van der Waals surface area contributed by atoms with Gasteiger partial charge in [0, 0.05) is 16.2 Å². The van der Waals surface area contributed by atoms with E-state index in [4.69, 9.17) is 11.1 Å². The lowest BCUT2D eigenvalue weighted by atomic mass is 10.1. The summed E-state index contributed by atoms with van der Waals surface area (Å²) < 4.78 is 38.7. The zero-order valence-electron chi connectivity index (χ0n) is 10.8. The van der Waals surface area contributed by atoms with Crippen LogP contribution < -0.4 is 5.73 Å². The van der Waals surface area contributed by atoms with Crippen LogP contribution in [0.1, 0.15) is 31.4 Å². The molecule has 106 valence electrons. The summed E-state index contributed by atoms with van der Waals surface area (Å²) in [6, 6.07) is 3.92. The van der Waals surface area contributed by atoms with Crippen LogP contribution in [0.2, 0.25) is 0 Å². The van der Waals surface area contributed by atoms with Gasteiger partial charge >= 0.3 is 6.18 Å². The molecule has 0 aromatic heterocycles. The highest BCUT2D eigenvalue weighted by molar-refractivity contribution is 7.99. The first-order valence-electron chi connectivity index (χ1n) is 5.94. The van der Waals surface area contributed by atoms with Crippen molar-refractivity contribution >= 4 is 17.6 Å². The fourth-order valence-corrected chi connectivity index (χ4v) is 2.52. The monoisotopic (exact) mass is 290 g/mol. The number of alkyl halides is 3. The molecule has 1 atom stereocenters. The van der Waals surface area contributed by atoms with Crippen LogP contribution in [0.15, 0.2) is 23.1 Å². The van der Waals surface area contributed by atoms with E-state index in [1.807, 2.05) is 6.92 Å². The van der Waals surface area contributed by atoms with Crippen LogP contribution in [0, 0.1) is 11.3 Å². The van der Waals surface area contributed by atoms with Crippen molar-refractivity contribution in [3.63, 3.8) is 0 Å². The van der Waals surface area contributed by atoms with Crippen LogP contribution in [0.4, 0.5) is 13.2 Å². The van der Waals surface area contributed by atoms with Crippen LogP contribution in [0.25, 0.3) is 0 Å². The number of hydrogen-bond acceptors (Lipinski definition) is 2. The number of benzene rings is 1. The van der Waals surface area contributed by atoms with E-state index in [1.165, 1.54) is 17.8 Å². The molecule has 0 aliphatic rings. The Kier molecular flexibility index (Phi) is 5.29. The van der Waals surface area contributed by atoms with Crippen LogP contribution in [-0.4, -0.2) is 11.6 Å². The maximum Gasteiger partial charge on any atom is 0.417 e. The third-order valence-corrected chi connectivity index (χ3v) is 4.14. The molecule has 0 amide bonds. The lowest BCUT2D eigenvalue weighted by molar-refractivity contribution is -0.137. The second kappa shape index (κ2) is 6.32. The third-order valence-electron chi connectivity index (χ3n) is 2.82. The van der Waals surface area contributed by atoms with Crippen molar-refractivity contribution in [2.45, 2.75) is 31.3 Å². The minimum Gasteiger partial charge on any atom is -0.384 e. The molecule has 0 radical (unpaired) electrons. The van der Waals surface area contributed by atoms with Gasteiger partial charge in [-0.15, -0.1) is 11.8 Å². The summed E-state index contributed by atoms with van der Waals surface area (Å²) in [5.74, 6) is 0.658. The third kappa shape index (κ3) is 4.45. The summed E-state index contributed by atoms with van der Waals surface area (Å²) in [5, 5.41) is 7.20. The van der Waals surface area contributed by atoms with E-state index in [-0.39, 0.29) is 5.56 Å². The maximum atomic E-state index is 12.9. The first kappa shape index (κ1) is 15.9. The largest absolute Gasteiger partial charge is 0.417 e. The zero-order chi connectivity index (χ0) is 14.6. The van der Waals surface area contributed by atoms with E-state index < -0.39 is 17.6 Å². The Morgan fingerprint density at radius 1 is 1.42 bits per heavy atom. The summed E-state index contributed by atoms with van der Waals surface area (Å²) in [4.78, 5) is 0.553. The van der Waals surface area contributed by atoms with E-state index >= 15 is 0 Å². The second-order valence-corrected chi connectivity index (χ2v) is 5.54. The Bertz CT molecular complexity index is 458. The number of rotatable bonds is 5. The molecule has 0 aliphatic heterocycles. The molecule has 0 fully saturated rings. The van der Waals surface area contributed by atoms with Gasteiger partial charge in [-0.05, 0) is 24.1 Å². The van der Waals surface area contributed by atoms with E-state index in [0.29, 0.717) is 10.8 Å². The molecule has 0 saturated carbocycles. The molecular formula is C13H17F3N2S. The van der Waals surface area contributed by atoms with Crippen molar-refractivity contribution in [2.24, 2.45) is 11.7 Å². The van der Waals surface area contributed by atoms with E-state index in [9.17, 15) is 13.2 Å². The van der Waals surface area contributed by atoms with Crippen molar-refractivity contribution in [2.75, 3.05) is 5.75 Å². The lowest BCUT2D eigenvalue weighted by Gasteiger charge is -2.14. The molecule has 0 aliphatic carbocycles. The number of amidine groups is 1. The Balaban J connectivity index is 3.02. The number of nitrogens with one attached hydrogen (secondary N) is 1. The molecule has 1 rings (SSSR count). The number of thioether (sulfide) groups is 1. The molecule has 3 N–H and O–H groups in total. The minimum absolute atomic E-state index is 0.264. The minimum atomic E-state index is -4.49. The van der Waals surface area contributed by atoms with Crippen molar-refractivity contribution in [3.8, 4) is 0 Å². The fourth-order valence-electron chi connectivity index (χ4n) is 1.44. The summed E-state index contributed by atoms with van der Waals surface area (Å²) in [6.07, 6.45) is -3.50. The number of hydrogen-bond donors (Lipinski definition) is 2. The first-order chi connectivity index (χ1) is 8.75. The van der Waals surface area contributed by atoms with Crippen LogP contribution in [-0.2, 0) is 6.18 Å². The summed E-state index contributed by atoms with van der Waals surface area (Å²) in [6.45, 7) is 4.10. The average Bonchev–Trinajstić information content (AvgIpc) is 2.34. The van der Waals surface area contributed by atoms with E-state index in [0.717, 1.165) is 18.2 Å². The smallest absolute Gasteiger partial charge is 0.384 e. The maximum absolute atomic E-state index is 12.9. The highest BCUT2D eigenvalue weighted by Crippen LogP contribution is 2.35. The fraction of sp³-hybridized carbons (Fsp3) is 0.462. The molecular weight excluding hydrogens is 273 g/mol. The van der Waals surface area contributed by atoms with Gasteiger partial charge in [-0.1, -0.05) is 20.3 Å². The number of nitrogen functional groups attached to an aromatic ring is 1. The number of halogens is 3. The Labute approximate surface area is 115 Å². The van der Waals surface area contributed by atoms with Gasteiger partial charge in [0.2, 0.25) is 0 Å². The van der Waals surface area contributed by atoms with Crippen molar-refractivity contribution in [1.82, 2.24) is 0 Å².